The topological polar surface area (TPSA) is 164 Å². The SMILES string of the molecule is Cc1onc(C#CC2=NC3=NC(C4(C(=O)O)CN(S(C)(=O)=O)C4)=CC3=C2)c1NC(=O)OC(C)c1ccccc1. The first-order chi connectivity index (χ1) is 18.5. The van der Waals surface area contributed by atoms with Crippen molar-refractivity contribution in [2.75, 3.05) is 24.7 Å². The molecule has 12 nitrogen and oxygen atoms in total. The molecule has 3 aliphatic rings. The number of carbonyl (C=O) groups is 2. The smallest absolute Gasteiger partial charge is 0.412 e. The fourth-order valence-corrected chi connectivity index (χ4v) is 5.14. The lowest BCUT2D eigenvalue weighted by Gasteiger charge is -2.45. The largest absolute Gasteiger partial charge is 0.480 e. The number of aliphatic imine (C=N–C) groups is 2. The predicted molar refractivity (Wildman–Crippen MR) is 141 cm³/mol. The average Bonchev–Trinajstić information content (AvgIpc) is 3.50. The van der Waals surface area contributed by atoms with Crippen LogP contribution in [-0.4, -0.2) is 65.9 Å². The Morgan fingerprint density at radius 2 is 1.90 bits per heavy atom. The molecule has 1 fully saturated rings. The molecule has 200 valence electrons. The van der Waals surface area contributed by atoms with Crippen molar-refractivity contribution in [2.45, 2.75) is 20.0 Å². The number of hydrogen-bond donors (Lipinski definition) is 2. The van der Waals surface area contributed by atoms with E-state index in [2.05, 4.69) is 32.3 Å². The number of nitrogens with zero attached hydrogens (tertiary/aromatic N) is 4. The third-order valence-corrected chi connectivity index (χ3v) is 7.70. The van der Waals surface area contributed by atoms with Crippen molar-refractivity contribution < 1.29 is 32.4 Å². The van der Waals surface area contributed by atoms with E-state index in [1.54, 1.807) is 26.0 Å². The maximum absolute atomic E-state index is 12.5. The summed E-state index contributed by atoms with van der Waals surface area (Å²) in [5.41, 5.74) is 1.02. The standard InChI is InChI=1S/C26H23N5O7S/c1-15(17-7-5-4-6-8-17)37-25(34)29-22-16(2)38-30-20(22)10-9-19-11-18-12-21(28-23(18)27-19)26(24(32)33)13-31(14-26)39(3,35)36/h4-8,11-12,15H,13-14H2,1-3H3,(H,29,34)(H,32,33). The second kappa shape index (κ2) is 9.64. The van der Waals surface area contributed by atoms with Gasteiger partial charge in [-0.2, -0.15) is 4.31 Å². The van der Waals surface area contributed by atoms with Crippen LogP contribution in [0.5, 0.6) is 0 Å². The van der Waals surface area contributed by atoms with Crippen molar-refractivity contribution in [1.82, 2.24) is 9.46 Å². The lowest BCUT2D eigenvalue weighted by Crippen LogP contribution is -2.62. The van der Waals surface area contributed by atoms with Gasteiger partial charge in [0, 0.05) is 18.7 Å². The normalized spacial score (nSPS) is 18.3. The highest BCUT2D eigenvalue weighted by molar-refractivity contribution is 7.88. The van der Waals surface area contributed by atoms with Crippen molar-refractivity contribution in [2.24, 2.45) is 15.4 Å². The molecule has 0 radical (unpaired) electrons. The summed E-state index contributed by atoms with van der Waals surface area (Å²) in [4.78, 5) is 33.1. The molecule has 1 unspecified atom stereocenters. The van der Waals surface area contributed by atoms with Gasteiger partial charge >= 0.3 is 12.1 Å². The zero-order valence-corrected chi connectivity index (χ0v) is 21.9. The number of benzene rings is 1. The lowest BCUT2D eigenvalue weighted by atomic mass is 9.78. The maximum Gasteiger partial charge on any atom is 0.412 e. The third kappa shape index (κ3) is 4.99. The van der Waals surface area contributed by atoms with Crippen molar-refractivity contribution in [3.8, 4) is 11.8 Å². The Morgan fingerprint density at radius 3 is 2.54 bits per heavy atom. The van der Waals surface area contributed by atoms with Crippen LogP contribution in [0.3, 0.4) is 0 Å². The van der Waals surface area contributed by atoms with Gasteiger partial charge in [0.25, 0.3) is 0 Å². The number of aliphatic carboxylic acids is 1. The van der Waals surface area contributed by atoms with Crippen LogP contribution in [0.25, 0.3) is 0 Å². The van der Waals surface area contributed by atoms with E-state index in [1.807, 2.05) is 30.3 Å². The molecule has 0 saturated carbocycles. The molecule has 0 spiro atoms. The van der Waals surface area contributed by atoms with Crippen LogP contribution in [0.2, 0.25) is 0 Å². The Kier molecular flexibility index (Phi) is 6.45. The lowest BCUT2D eigenvalue weighted by molar-refractivity contribution is -0.152. The average molecular weight is 550 g/mol. The number of carbonyl (C=O) groups excluding carboxylic acids is 1. The van der Waals surface area contributed by atoms with Gasteiger partial charge in [-0.3, -0.25) is 10.1 Å². The third-order valence-electron chi connectivity index (χ3n) is 6.51. The molecule has 0 bridgehead atoms. The molecule has 2 aromatic rings. The Balaban J connectivity index is 1.27. The van der Waals surface area contributed by atoms with Gasteiger partial charge in [0.05, 0.1) is 12.0 Å². The highest BCUT2D eigenvalue weighted by Gasteiger charge is 2.56. The zero-order chi connectivity index (χ0) is 27.9. The molecule has 5 rings (SSSR count). The fraction of sp³-hybridized carbons (Fsp3) is 0.269. The minimum absolute atomic E-state index is 0.174. The summed E-state index contributed by atoms with van der Waals surface area (Å²) >= 11 is 0. The number of carboxylic acids is 1. The Hall–Kier alpha value is -4.54. The summed E-state index contributed by atoms with van der Waals surface area (Å²) in [7, 11) is -3.50. The molecule has 1 aromatic heterocycles. The van der Waals surface area contributed by atoms with Gasteiger partial charge in [0.15, 0.2) is 17.3 Å². The number of allylic oxidation sites excluding steroid dienone is 1. The van der Waals surface area contributed by atoms with Crippen LogP contribution in [0.4, 0.5) is 10.5 Å². The number of carboxylic acid groups (broad SMARTS) is 1. The van der Waals surface area contributed by atoms with Gasteiger partial charge in [-0.15, -0.1) is 0 Å². The molecule has 0 aliphatic carbocycles. The van der Waals surface area contributed by atoms with Gasteiger partial charge in [-0.25, -0.2) is 23.2 Å². The summed E-state index contributed by atoms with van der Waals surface area (Å²) in [6.45, 7) is 2.99. The summed E-state index contributed by atoms with van der Waals surface area (Å²) < 4.78 is 35.2. The first-order valence-corrected chi connectivity index (χ1v) is 13.6. The number of sulfonamides is 1. The molecular formula is C26H23N5O7S. The number of hydrogen-bond acceptors (Lipinski definition) is 9. The molecule has 3 aliphatic heterocycles. The number of rotatable bonds is 6. The monoisotopic (exact) mass is 549 g/mol. The molecule has 39 heavy (non-hydrogen) atoms. The van der Waals surface area contributed by atoms with Crippen LogP contribution in [0, 0.1) is 24.2 Å². The van der Waals surface area contributed by atoms with Gasteiger partial charge in [0.1, 0.15) is 22.9 Å². The molecule has 1 aromatic carbocycles. The van der Waals surface area contributed by atoms with Crippen molar-refractivity contribution in [1.29, 1.82) is 0 Å². The number of fused-ring (bicyclic) bond motifs is 1. The van der Waals surface area contributed by atoms with Gasteiger partial charge in [0.2, 0.25) is 10.0 Å². The number of aryl methyl sites for hydroxylation is 1. The number of anilines is 1. The molecular weight excluding hydrogens is 526 g/mol. The first-order valence-electron chi connectivity index (χ1n) is 11.8. The minimum atomic E-state index is -3.50. The van der Waals surface area contributed by atoms with E-state index in [9.17, 15) is 23.1 Å². The van der Waals surface area contributed by atoms with Crippen molar-refractivity contribution in [3.05, 3.63) is 70.8 Å². The second-order valence-corrected chi connectivity index (χ2v) is 11.3. The molecule has 1 atom stereocenters. The summed E-state index contributed by atoms with van der Waals surface area (Å²) in [5, 5.41) is 16.3. The van der Waals surface area contributed by atoms with E-state index in [0.717, 1.165) is 16.1 Å². The Labute approximate surface area is 223 Å². The number of amidine groups is 1. The molecule has 13 heteroatoms. The van der Waals surface area contributed by atoms with Crippen LogP contribution in [-0.2, 0) is 19.6 Å². The second-order valence-electron chi connectivity index (χ2n) is 9.28. The van der Waals surface area contributed by atoms with Crippen LogP contribution >= 0.6 is 0 Å². The molecule has 1 saturated heterocycles. The van der Waals surface area contributed by atoms with Gasteiger partial charge in [-0.1, -0.05) is 35.5 Å². The van der Waals surface area contributed by atoms with E-state index in [4.69, 9.17) is 9.26 Å². The van der Waals surface area contributed by atoms with Crippen LogP contribution < -0.4 is 5.32 Å². The highest BCUT2D eigenvalue weighted by atomic mass is 32.2. The zero-order valence-electron chi connectivity index (χ0n) is 21.1. The van der Waals surface area contributed by atoms with Crippen LogP contribution in [0.1, 0.15) is 30.0 Å². The van der Waals surface area contributed by atoms with E-state index in [1.165, 1.54) is 0 Å². The maximum atomic E-state index is 12.5. The molecule has 2 N–H and O–H groups in total. The summed E-state index contributed by atoms with van der Waals surface area (Å²) in [5.74, 6) is 5.14. The van der Waals surface area contributed by atoms with Crippen LogP contribution in [0.15, 0.2) is 68.3 Å². The number of ether oxygens (including phenoxy) is 1. The number of aromatic nitrogens is 1. The van der Waals surface area contributed by atoms with E-state index >= 15 is 0 Å². The minimum Gasteiger partial charge on any atom is -0.480 e. The quantitative estimate of drug-likeness (QED) is 0.519. The van der Waals surface area contributed by atoms with Crippen molar-refractivity contribution in [3.63, 3.8) is 0 Å². The number of nitrogens with one attached hydrogen (secondary N) is 1. The summed E-state index contributed by atoms with van der Waals surface area (Å²) in [6, 6.07) is 9.29. The van der Waals surface area contributed by atoms with Crippen molar-refractivity contribution >= 4 is 39.3 Å². The Morgan fingerprint density at radius 1 is 1.18 bits per heavy atom. The first kappa shape index (κ1) is 26.1. The summed E-state index contributed by atoms with van der Waals surface area (Å²) in [6.07, 6.45) is 3.08. The fourth-order valence-electron chi connectivity index (χ4n) is 4.23. The van der Waals surface area contributed by atoms with E-state index in [-0.39, 0.29) is 30.2 Å². The molecule has 4 heterocycles. The predicted octanol–water partition coefficient (Wildman–Crippen LogP) is 2.67. The molecule has 1 amide bonds. The van der Waals surface area contributed by atoms with E-state index < -0.39 is 33.6 Å². The van der Waals surface area contributed by atoms with E-state index in [0.29, 0.717) is 22.9 Å². The number of amides is 1. The van der Waals surface area contributed by atoms with Gasteiger partial charge in [-0.05, 0) is 43.4 Å². The van der Waals surface area contributed by atoms with Gasteiger partial charge < -0.3 is 14.4 Å². The Bertz CT molecular complexity index is 1670. The highest BCUT2D eigenvalue weighted by Crippen LogP contribution is 2.43.